The van der Waals surface area contributed by atoms with Crippen molar-refractivity contribution < 1.29 is 4.79 Å². The molecule has 1 saturated carbocycles. The quantitative estimate of drug-likeness (QED) is 0.907. The van der Waals surface area contributed by atoms with Gasteiger partial charge in [-0.1, -0.05) is 36.8 Å². The number of nitrogens with zero attached hydrogens (tertiary/aromatic N) is 1. The first-order valence-corrected chi connectivity index (χ1v) is 7.21. The van der Waals surface area contributed by atoms with Crippen LogP contribution in [0.5, 0.6) is 0 Å². The number of nitrogens with two attached hydrogens (primary N) is 1. The number of amides is 1. The zero-order chi connectivity index (χ0) is 13.7. The van der Waals surface area contributed by atoms with Crippen LogP contribution < -0.4 is 5.73 Å². The van der Waals surface area contributed by atoms with Gasteiger partial charge in [-0.05, 0) is 37.3 Å². The molecule has 2 rings (SSSR count). The Bertz CT molecular complexity index is 410. The largest absolute Gasteiger partial charge is 0.345 e. The minimum atomic E-state index is 0. The molecular formula is C16H25ClN2O. The van der Waals surface area contributed by atoms with Gasteiger partial charge in [0.15, 0.2) is 0 Å². The zero-order valence-electron chi connectivity index (χ0n) is 12.1. The van der Waals surface area contributed by atoms with E-state index in [1.807, 2.05) is 30.1 Å². The highest BCUT2D eigenvalue weighted by atomic mass is 35.5. The molecule has 1 amide bonds. The Hall–Kier alpha value is -1.06. The summed E-state index contributed by atoms with van der Waals surface area (Å²) in [6.45, 7) is 1.43. The number of benzene rings is 1. The molecule has 1 aromatic rings. The monoisotopic (exact) mass is 296 g/mol. The molecule has 3 nitrogen and oxygen atoms in total. The van der Waals surface area contributed by atoms with Gasteiger partial charge >= 0.3 is 0 Å². The molecule has 0 radical (unpaired) electrons. The lowest BCUT2D eigenvalue weighted by molar-refractivity contribution is -0.135. The minimum absolute atomic E-state index is 0. The molecule has 2 atom stereocenters. The molecule has 0 unspecified atom stereocenters. The van der Waals surface area contributed by atoms with E-state index in [0.29, 0.717) is 12.5 Å². The number of halogens is 1. The van der Waals surface area contributed by atoms with Gasteiger partial charge in [0.25, 0.3) is 0 Å². The summed E-state index contributed by atoms with van der Waals surface area (Å²) in [5.41, 5.74) is 7.04. The van der Waals surface area contributed by atoms with Crippen molar-refractivity contribution in [2.45, 2.75) is 25.7 Å². The van der Waals surface area contributed by atoms with Gasteiger partial charge < -0.3 is 10.6 Å². The molecule has 1 aliphatic carbocycles. The Morgan fingerprint density at radius 3 is 2.65 bits per heavy atom. The van der Waals surface area contributed by atoms with Crippen LogP contribution in [0.15, 0.2) is 30.3 Å². The molecule has 0 aromatic heterocycles. The number of rotatable bonds is 5. The summed E-state index contributed by atoms with van der Waals surface area (Å²) in [6.07, 6.45) is 4.18. The maximum Gasteiger partial charge on any atom is 0.225 e. The fourth-order valence-corrected chi connectivity index (χ4v) is 2.98. The Morgan fingerprint density at radius 2 is 2.00 bits per heavy atom. The number of hydrogen-bond acceptors (Lipinski definition) is 2. The van der Waals surface area contributed by atoms with Crippen LogP contribution in [0, 0.1) is 11.8 Å². The third kappa shape index (κ3) is 4.22. The fraction of sp³-hybridized carbons (Fsp3) is 0.562. The van der Waals surface area contributed by atoms with Crippen molar-refractivity contribution in [3.8, 4) is 0 Å². The highest BCUT2D eigenvalue weighted by Gasteiger charge is 2.33. The lowest BCUT2D eigenvalue weighted by Gasteiger charge is -2.24. The second kappa shape index (κ2) is 8.28. The topological polar surface area (TPSA) is 46.3 Å². The van der Waals surface area contributed by atoms with E-state index >= 15 is 0 Å². The van der Waals surface area contributed by atoms with E-state index in [1.54, 1.807) is 0 Å². The Kier molecular flexibility index (Phi) is 7.03. The summed E-state index contributed by atoms with van der Waals surface area (Å²) in [5, 5.41) is 0. The highest BCUT2D eigenvalue weighted by Crippen LogP contribution is 2.32. The molecule has 0 aliphatic heterocycles. The van der Waals surface area contributed by atoms with E-state index in [2.05, 4.69) is 12.1 Å². The number of hydrogen-bond donors (Lipinski definition) is 1. The molecule has 2 N–H and O–H groups in total. The van der Waals surface area contributed by atoms with Gasteiger partial charge in [0.05, 0.1) is 0 Å². The van der Waals surface area contributed by atoms with Crippen LogP contribution in [0.25, 0.3) is 0 Å². The van der Waals surface area contributed by atoms with Crippen LogP contribution in [0.2, 0.25) is 0 Å². The van der Waals surface area contributed by atoms with E-state index in [1.165, 1.54) is 5.56 Å². The third-order valence-corrected chi connectivity index (χ3v) is 4.23. The van der Waals surface area contributed by atoms with Gasteiger partial charge in [0, 0.05) is 19.5 Å². The Labute approximate surface area is 127 Å². The summed E-state index contributed by atoms with van der Waals surface area (Å²) >= 11 is 0. The van der Waals surface area contributed by atoms with E-state index in [4.69, 9.17) is 5.73 Å². The van der Waals surface area contributed by atoms with Crippen molar-refractivity contribution in [1.82, 2.24) is 4.90 Å². The second-order valence-corrected chi connectivity index (χ2v) is 5.53. The molecule has 4 heteroatoms. The second-order valence-electron chi connectivity index (χ2n) is 5.53. The van der Waals surface area contributed by atoms with Crippen molar-refractivity contribution in [2.75, 3.05) is 20.1 Å². The van der Waals surface area contributed by atoms with Gasteiger partial charge in [-0.15, -0.1) is 12.4 Å². The SMILES string of the molecule is CN(CCc1ccccc1)C(=O)[C@@H]1CCC[C@@H]1CN.Cl. The van der Waals surface area contributed by atoms with Crippen molar-refractivity contribution in [3.63, 3.8) is 0 Å². The zero-order valence-corrected chi connectivity index (χ0v) is 12.9. The molecule has 20 heavy (non-hydrogen) atoms. The summed E-state index contributed by atoms with van der Waals surface area (Å²) in [4.78, 5) is 14.3. The number of carbonyl (C=O) groups is 1. The van der Waals surface area contributed by atoms with Crippen molar-refractivity contribution in [1.29, 1.82) is 0 Å². The molecule has 0 saturated heterocycles. The third-order valence-electron chi connectivity index (χ3n) is 4.23. The summed E-state index contributed by atoms with van der Waals surface area (Å²) < 4.78 is 0. The van der Waals surface area contributed by atoms with E-state index < -0.39 is 0 Å². The van der Waals surface area contributed by atoms with Gasteiger partial charge in [-0.25, -0.2) is 0 Å². The van der Waals surface area contributed by atoms with E-state index in [-0.39, 0.29) is 24.2 Å². The normalized spacial score (nSPS) is 21.3. The molecule has 112 valence electrons. The smallest absolute Gasteiger partial charge is 0.225 e. The predicted molar refractivity (Wildman–Crippen MR) is 84.9 cm³/mol. The van der Waals surface area contributed by atoms with Crippen LogP contribution >= 0.6 is 12.4 Å². The van der Waals surface area contributed by atoms with Crippen molar-refractivity contribution in [2.24, 2.45) is 17.6 Å². The minimum Gasteiger partial charge on any atom is -0.345 e. The average Bonchev–Trinajstić information content (AvgIpc) is 2.93. The predicted octanol–water partition coefficient (Wildman–Crippen LogP) is 2.48. The standard InChI is InChI=1S/C16H24N2O.ClH/c1-18(11-10-13-6-3-2-4-7-13)16(19)15-9-5-8-14(15)12-17;/h2-4,6-7,14-15H,5,8-12,17H2,1H3;1H/t14-,15-;/m1./s1. The van der Waals surface area contributed by atoms with Gasteiger partial charge in [0.1, 0.15) is 0 Å². The average molecular weight is 297 g/mol. The van der Waals surface area contributed by atoms with Crippen LogP contribution in [-0.2, 0) is 11.2 Å². The lowest BCUT2D eigenvalue weighted by Crippen LogP contribution is -2.37. The van der Waals surface area contributed by atoms with Crippen LogP contribution in [0.3, 0.4) is 0 Å². The lowest BCUT2D eigenvalue weighted by atomic mass is 9.95. The first kappa shape index (κ1) is 17.0. The van der Waals surface area contributed by atoms with Crippen molar-refractivity contribution >= 4 is 18.3 Å². The van der Waals surface area contributed by atoms with Crippen LogP contribution in [0.4, 0.5) is 0 Å². The highest BCUT2D eigenvalue weighted by molar-refractivity contribution is 5.85. The Morgan fingerprint density at radius 1 is 1.30 bits per heavy atom. The fourth-order valence-electron chi connectivity index (χ4n) is 2.98. The summed E-state index contributed by atoms with van der Waals surface area (Å²) in [6, 6.07) is 10.3. The molecule has 1 fully saturated rings. The van der Waals surface area contributed by atoms with E-state index in [0.717, 1.165) is 32.2 Å². The van der Waals surface area contributed by atoms with Crippen molar-refractivity contribution in [3.05, 3.63) is 35.9 Å². The number of likely N-dealkylation sites (N-methyl/N-ethyl adjacent to an activating group) is 1. The van der Waals surface area contributed by atoms with Crippen LogP contribution in [0.1, 0.15) is 24.8 Å². The molecule has 0 bridgehead atoms. The summed E-state index contributed by atoms with van der Waals surface area (Å²) in [7, 11) is 1.91. The van der Waals surface area contributed by atoms with Crippen LogP contribution in [-0.4, -0.2) is 30.9 Å². The van der Waals surface area contributed by atoms with Gasteiger partial charge in [0.2, 0.25) is 5.91 Å². The first-order valence-electron chi connectivity index (χ1n) is 7.21. The summed E-state index contributed by atoms with van der Waals surface area (Å²) in [5.74, 6) is 0.835. The van der Waals surface area contributed by atoms with E-state index in [9.17, 15) is 4.79 Å². The molecular weight excluding hydrogens is 272 g/mol. The maximum absolute atomic E-state index is 12.4. The molecule has 1 aliphatic rings. The maximum atomic E-state index is 12.4. The van der Waals surface area contributed by atoms with Gasteiger partial charge in [-0.2, -0.15) is 0 Å². The molecule has 1 aromatic carbocycles. The molecule has 0 heterocycles. The Balaban J connectivity index is 0.00000200. The first-order chi connectivity index (χ1) is 9.22. The number of carbonyl (C=O) groups excluding carboxylic acids is 1. The molecule has 0 spiro atoms. The van der Waals surface area contributed by atoms with Gasteiger partial charge in [-0.3, -0.25) is 4.79 Å².